The Hall–Kier alpha value is -2.51. The van der Waals surface area contributed by atoms with Crippen LogP contribution in [0.4, 0.5) is 0 Å². The number of rotatable bonds is 7. The molecule has 32 heavy (non-hydrogen) atoms. The molecule has 1 amide bonds. The quantitative estimate of drug-likeness (QED) is 0.585. The second-order valence-electron chi connectivity index (χ2n) is 8.87. The molecule has 1 aliphatic heterocycles. The van der Waals surface area contributed by atoms with Crippen LogP contribution in [0.15, 0.2) is 35.4 Å². The highest BCUT2D eigenvalue weighted by Crippen LogP contribution is 2.25. The Kier molecular flexibility index (Phi) is 7.06. The zero-order valence-electron chi connectivity index (χ0n) is 19.2. The average Bonchev–Trinajstić information content (AvgIpc) is 3.08. The molecular formula is C25H32N4O2S. The minimum absolute atomic E-state index is 0.0664. The zero-order valence-corrected chi connectivity index (χ0v) is 20.0. The number of piperidine rings is 1. The molecule has 0 radical (unpaired) electrons. The predicted octanol–water partition coefficient (Wildman–Crippen LogP) is 4.16. The van der Waals surface area contributed by atoms with Crippen molar-refractivity contribution < 1.29 is 4.79 Å². The summed E-state index contributed by atoms with van der Waals surface area (Å²) in [6.45, 7) is 9.25. The Bertz CT molecular complexity index is 1150. The van der Waals surface area contributed by atoms with Crippen LogP contribution < -0.4 is 10.9 Å². The van der Waals surface area contributed by atoms with Crippen LogP contribution in [-0.2, 0) is 24.4 Å². The molecule has 6 nitrogen and oxygen atoms in total. The Morgan fingerprint density at radius 2 is 1.94 bits per heavy atom. The third kappa shape index (κ3) is 5.10. The molecule has 4 rings (SSSR count). The fourth-order valence-electron chi connectivity index (χ4n) is 4.33. The Morgan fingerprint density at radius 3 is 2.69 bits per heavy atom. The molecule has 1 atom stereocenters. The Labute approximate surface area is 193 Å². The van der Waals surface area contributed by atoms with Gasteiger partial charge in [-0.25, -0.2) is 4.98 Å². The smallest absolute Gasteiger partial charge is 0.262 e. The van der Waals surface area contributed by atoms with Crippen molar-refractivity contribution in [3.05, 3.63) is 62.5 Å². The van der Waals surface area contributed by atoms with E-state index in [1.807, 2.05) is 13.8 Å². The van der Waals surface area contributed by atoms with Crippen molar-refractivity contribution in [3.8, 4) is 0 Å². The first-order valence-electron chi connectivity index (χ1n) is 11.5. The van der Waals surface area contributed by atoms with Crippen molar-refractivity contribution in [2.45, 2.75) is 72.1 Å². The molecule has 3 aromatic rings. The zero-order chi connectivity index (χ0) is 22.7. The maximum absolute atomic E-state index is 12.7. The summed E-state index contributed by atoms with van der Waals surface area (Å²) in [5.41, 5.74) is 3.32. The van der Waals surface area contributed by atoms with E-state index < -0.39 is 0 Å². The first-order valence-corrected chi connectivity index (χ1v) is 12.3. The van der Waals surface area contributed by atoms with E-state index in [0.29, 0.717) is 24.5 Å². The Morgan fingerprint density at radius 1 is 1.19 bits per heavy atom. The number of nitrogens with zero attached hydrogens (tertiary/aromatic N) is 3. The van der Waals surface area contributed by atoms with Crippen LogP contribution in [-0.4, -0.2) is 32.9 Å². The lowest BCUT2D eigenvalue weighted by Crippen LogP contribution is -2.36. The van der Waals surface area contributed by atoms with Gasteiger partial charge in [0.25, 0.3) is 5.56 Å². The minimum atomic E-state index is -0.0681. The summed E-state index contributed by atoms with van der Waals surface area (Å²) in [4.78, 5) is 33.9. The van der Waals surface area contributed by atoms with Crippen LogP contribution in [0.5, 0.6) is 0 Å². The number of hydrogen-bond acceptors (Lipinski definition) is 5. The summed E-state index contributed by atoms with van der Waals surface area (Å²) in [5, 5.41) is 3.64. The van der Waals surface area contributed by atoms with Gasteiger partial charge < -0.3 is 5.32 Å². The second kappa shape index (κ2) is 9.96. The molecule has 0 spiro atoms. The van der Waals surface area contributed by atoms with Gasteiger partial charge in [0.05, 0.1) is 11.7 Å². The fourth-order valence-corrected chi connectivity index (χ4v) is 5.32. The van der Waals surface area contributed by atoms with Crippen LogP contribution in [0.3, 0.4) is 0 Å². The second-order valence-corrected chi connectivity index (χ2v) is 10.1. The minimum Gasteiger partial charge on any atom is -0.352 e. The Balaban J connectivity index is 1.28. The summed E-state index contributed by atoms with van der Waals surface area (Å²) in [7, 11) is 0. The molecule has 0 saturated carbocycles. The molecule has 1 unspecified atom stereocenters. The van der Waals surface area contributed by atoms with Gasteiger partial charge >= 0.3 is 0 Å². The van der Waals surface area contributed by atoms with Crippen molar-refractivity contribution >= 4 is 27.5 Å². The SMILES string of the molecule is Cc1sc2ncn(CCC(=O)NCc3ccc(CN4CCCCC4C)cc3)c(=O)c2c1C. The van der Waals surface area contributed by atoms with Crippen molar-refractivity contribution in [2.75, 3.05) is 6.54 Å². The van der Waals surface area contributed by atoms with Gasteiger partial charge in [0.15, 0.2) is 0 Å². The first-order chi connectivity index (χ1) is 15.4. The maximum atomic E-state index is 12.7. The number of amides is 1. The lowest BCUT2D eigenvalue weighted by Gasteiger charge is -2.33. The van der Waals surface area contributed by atoms with E-state index in [4.69, 9.17) is 0 Å². The van der Waals surface area contributed by atoms with Crippen LogP contribution in [0.2, 0.25) is 0 Å². The number of aryl methyl sites for hydroxylation is 3. The summed E-state index contributed by atoms with van der Waals surface area (Å²) in [6.07, 6.45) is 5.71. The van der Waals surface area contributed by atoms with Crippen LogP contribution in [0.25, 0.3) is 10.2 Å². The molecule has 1 fully saturated rings. The van der Waals surface area contributed by atoms with Gasteiger partial charge in [-0.3, -0.25) is 19.1 Å². The lowest BCUT2D eigenvalue weighted by atomic mass is 10.0. The van der Waals surface area contributed by atoms with Crippen molar-refractivity contribution in [3.63, 3.8) is 0 Å². The van der Waals surface area contributed by atoms with E-state index in [0.717, 1.165) is 27.4 Å². The number of benzene rings is 1. The van der Waals surface area contributed by atoms with Gasteiger partial charge in [-0.05, 0) is 56.8 Å². The normalized spacial score (nSPS) is 17.0. The fraction of sp³-hybridized carbons (Fsp3) is 0.480. The third-order valence-corrected chi connectivity index (χ3v) is 7.69. The molecule has 2 aromatic heterocycles. The number of fused-ring (bicyclic) bond motifs is 1. The van der Waals surface area contributed by atoms with E-state index in [1.54, 1.807) is 6.33 Å². The summed E-state index contributed by atoms with van der Waals surface area (Å²) in [5.74, 6) is -0.0681. The van der Waals surface area contributed by atoms with E-state index >= 15 is 0 Å². The van der Waals surface area contributed by atoms with E-state index in [9.17, 15) is 9.59 Å². The average molecular weight is 453 g/mol. The monoisotopic (exact) mass is 452 g/mol. The molecule has 7 heteroatoms. The van der Waals surface area contributed by atoms with Gasteiger partial charge in [-0.15, -0.1) is 11.3 Å². The molecule has 1 saturated heterocycles. The highest BCUT2D eigenvalue weighted by molar-refractivity contribution is 7.18. The largest absolute Gasteiger partial charge is 0.352 e. The molecule has 1 N–H and O–H groups in total. The lowest BCUT2D eigenvalue weighted by molar-refractivity contribution is -0.121. The van der Waals surface area contributed by atoms with Crippen molar-refractivity contribution in [1.29, 1.82) is 0 Å². The van der Waals surface area contributed by atoms with Crippen LogP contribution in [0, 0.1) is 13.8 Å². The molecule has 0 aliphatic carbocycles. The standard InChI is InChI=1S/C25H32N4O2S/c1-17-6-4-5-12-28(17)15-21-9-7-20(8-10-21)14-26-22(30)11-13-29-16-27-24-23(25(29)31)18(2)19(3)32-24/h7-10,16-17H,4-6,11-15H2,1-3H3,(H,26,30). The molecule has 3 heterocycles. The number of nitrogens with one attached hydrogen (secondary N) is 1. The number of thiophene rings is 1. The number of hydrogen-bond donors (Lipinski definition) is 1. The molecule has 170 valence electrons. The van der Waals surface area contributed by atoms with Gasteiger partial charge in [0.2, 0.25) is 5.91 Å². The molecule has 1 aromatic carbocycles. The maximum Gasteiger partial charge on any atom is 0.262 e. The van der Waals surface area contributed by atoms with Gasteiger partial charge in [-0.2, -0.15) is 0 Å². The predicted molar refractivity (Wildman–Crippen MR) is 130 cm³/mol. The van der Waals surface area contributed by atoms with Crippen molar-refractivity contribution in [2.24, 2.45) is 0 Å². The van der Waals surface area contributed by atoms with E-state index in [2.05, 4.69) is 46.4 Å². The number of carbonyl (C=O) groups is 1. The first kappa shape index (κ1) is 22.7. The summed E-state index contributed by atoms with van der Waals surface area (Å²) in [6, 6.07) is 9.16. The van der Waals surface area contributed by atoms with Gasteiger partial charge in [0, 0.05) is 37.0 Å². The highest BCUT2D eigenvalue weighted by Gasteiger charge is 2.18. The van der Waals surface area contributed by atoms with E-state index in [-0.39, 0.29) is 17.9 Å². The third-order valence-electron chi connectivity index (χ3n) is 6.57. The van der Waals surface area contributed by atoms with Crippen LogP contribution >= 0.6 is 11.3 Å². The number of likely N-dealkylation sites (tertiary alicyclic amines) is 1. The van der Waals surface area contributed by atoms with Gasteiger partial charge in [0.1, 0.15) is 4.83 Å². The molecular weight excluding hydrogens is 420 g/mol. The number of carbonyl (C=O) groups excluding carboxylic acids is 1. The highest BCUT2D eigenvalue weighted by atomic mass is 32.1. The van der Waals surface area contributed by atoms with Gasteiger partial charge in [-0.1, -0.05) is 30.7 Å². The molecule has 1 aliphatic rings. The van der Waals surface area contributed by atoms with Crippen molar-refractivity contribution in [1.82, 2.24) is 19.8 Å². The van der Waals surface area contributed by atoms with Crippen LogP contribution in [0.1, 0.15) is 54.2 Å². The summed E-state index contributed by atoms with van der Waals surface area (Å²) >= 11 is 1.54. The number of aromatic nitrogens is 2. The molecule has 0 bridgehead atoms. The summed E-state index contributed by atoms with van der Waals surface area (Å²) < 4.78 is 1.54. The van der Waals surface area contributed by atoms with E-state index in [1.165, 1.54) is 47.3 Å². The topological polar surface area (TPSA) is 67.2 Å².